The molecule has 2 aromatic rings. The van der Waals surface area contributed by atoms with Crippen molar-refractivity contribution < 1.29 is 9.90 Å². The van der Waals surface area contributed by atoms with Gasteiger partial charge in [0.2, 0.25) is 0 Å². The van der Waals surface area contributed by atoms with Gasteiger partial charge in [0.1, 0.15) is 5.75 Å². The molecule has 0 aliphatic rings. The van der Waals surface area contributed by atoms with Crippen molar-refractivity contribution in [1.82, 2.24) is 0 Å². The second-order valence-corrected chi connectivity index (χ2v) is 4.72. The highest BCUT2D eigenvalue weighted by atomic mass is 16.3. The molecule has 3 nitrogen and oxygen atoms in total. The Balaban J connectivity index is 2.26. The zero-order valence-electron chi connectivity index (χ0n) is 11.3. The molecule has 0 bridgehead atoms. The lowest BCUT2D eigenvalue weighted by molar-refractivity contribution is 0.102. The van der Waals surface area contributed by atoms with Gasteiger partial charge in [-0.25, -0.2) is 0 Å². The predicted octanol–water partition coefficient (Wildman–Crippen LogP) is 3.57. The Morgan fingerprint density at radius 1 is 1.00 bits per heavy atom. The maximum Gasteiger partial charge on any atom is 0.259 e. The SMILES string of the molecule is Cc1ccc(NC(=O)c2cccc(C)c2O)cc1C. The van der Waals surface area contributed by atoms with Crippen LogP contribution in [0.25, 0.3) is 0 Å². The summed E-state index contributed by atoms with van der Waals surface area (Å²) in [5.41, 5.74) is 4.00. The molecule has 0 atom stereocenters. The van der Waals surface area contributed by atoms with E-state index < -0.39 is 0 Å². The Hall–Kier alpha value is -2.29. The van der Waals surface area contributed by atoms with Gasteiger partial charge in [-0.2, -0.15) is 0 Å². The summed E-state index contributed by atoms with van der Waals surface area (Å²) in [5.74, 6) is -0.270. The lowest BCUT2D eigenvalue weighted by atomic mass is 10.1. The van der Waals surface area contributed by atoms with Crippen LogP contribution in [0.5, 0.6) is 5.75 Å². The van der Waals surface area contributed by atoms with E-state index in [2.05, 4.69) is 5.32 Å². The number of benzene rings is 2. The normalized spacial score (nSPS) is 10.3. The first kappa shape index (κ1) is 13.1. The van der Waals surface area contributed by atoms with Gasteiger partial charge in [-0.05, 0) is 55.7 Å². The summed E-state index contributed by atoms with van der Waals surface area (Å²) in [6.45, 7) is 5.78. The molecule has 0 aromatic heterocycles. The van der Waals surface area contributed by atoms with Crippen molar-refractivity contribution in [2.24, 2.45) is 0 Å². The van der Waals surface area contributed by atoms with E-state index in [0.717, 1.165) is 11.3 Å². The van der Waals surface area contributed by atoms with Gasteiger partial charge < -0.3 is 10.4 Å². The van der Waals surface area contributed by atoms with Crippen LogP contribution in [0.1, 0.15) is 27.0 Å². The largest absolute Gasteiger partial charge is 0.507 e. The summed E-state index contributed by atoms with van der Waals surface area (Å²) in [7, 11) is 0. The monoisotopic (exact) mass is 255 g/mol. The van der Waals surface area contributed by atoms with Crippen molar-refractivity contribution in [1.29, 1.82) is 0 Å². The van der Waals surface area contributed by atoms with Crippen LogP contribution >= 0.6 is 0 Å². The molecule has 0 aliphatic heterocycles. The average molecular weight is 255 g/mol. The number of aryl methyl sites for hydroxylation is 3. The Morgan fingerprint density at radius 3 is 2.42 bits per heavy atom. The second-order valence-electron chi connectivity index (χ2n) is 4.72. The van der Waals surface area contributed by atoms with Gasteiger partial charge in [0.25, 0.3) is 5.91 Å². The van der Waals surface area contributed by atoms with Crippen LogP contribution in [0.15, 0.2) is 36.4 Å². The van der Waals surface area contributed by atoms with E-state index in [1.54, 1.807) is 25.1 Å². The van der Waals surface area contributed by atoms with Gasteiger partial charge in [-0.1, -0.05) is 18.2 Å². The first-order chi connectivity index (χ1) is 8.99. The number of anilines is 1. The molecule has 0 saturated carbocycles. The summed E-state index contributed by atoms with van der Waals surface area (Å²) in [5, 5.41) is 12.7. The van der Waals surface area contributed by atoms with Crippen LogP contribution in [0.3, 0.4) is 0 Å². The van der Waals surface area contributed by atoms with Crippen molar-refractivity contribution in [3.8, 4) is 5.75 Å². The van der Waals surface area contributed by atoms with Crippen molar-refractivity contribution >= 4 is 11.6 Å². The van der Waals surface area contributed by atoms with Crippen LogP contribution in [-0.4, -0.2) is 11.0 Å². The fourth-order valence-electron chi connectivity index (χ4n) is 1.86. The summed E-state index contributed by atoms with van der Waals surface area (Å²) in [6.07, 6.45) is 0. The Bertz CT molecular complexity index is 633. The zero-order chi connectivity index (χ0) is 14.0. The fraction of sp³-hybridized carbons (Fsp3) is 0.188. The van der Waals surface area contributed by atoms with E-state index in [1.807, 2.05) is 32.0 Å². The minimum Gasteiger partial charge on any atom is -0.507 e. The van der Waals surface area contributed by atoms with Gasteiger partial charge >= 0.3 is 0 Å². The quantitative estimate of drug-likeness (QED) is 0.861. The van der Waals surface area contributed by atoms with Gasteiger partial charge in [0, 0.05) is 5.69 Å². The molecule has 0 aliphatic carbocycles. The predicted molar refractivity (Wildman–Crippen MR) is 76.7 cm³/mol. The lowest BCUT2D eigenvalue weighted by Crippen LogP contribution is -2.12. The maximum atomic E-state index is 12.1. The van der Waals surface area contributed by atoms with Crippen molar-refractivity contribution in [3.05, 3.63) is 58.7 Å². The molecule has 0 radical (unpaired) electrons. The molecule has 2 rings (SSSR count). The third-order valence-electron chi connectivity index (χ3n) is 3.25. The van der Waals surface area contributed by atoms with E-state index in [-0.39, 0.29) is 11.7 Å². The standard InChI is InChI=1S/C16H17NO2/c1-10-7-8-13(9-12(10)3)17-16(19)14-6-4-5-11(2)15(14)18/h4-9,18H,1-3H3,(H,17,19). The molecular formula is C16H17NO2. The maximum absolute atomic E-state index is 12.1. The molecule has 1 amide bonds. The molecule has 0 saturated heterocycles. The number of hydrogen-bond donors (Lipinski definition) is 2. The van der Waals surface area contributed by atoms with E-state index in [1.165, 1.54) is 5.56 Å². The van der Waals surface area contributed by atoms with Crippen LogP contribution in [-0.2, 0) is 0 Å². The average Bonchev–Trinajstić information content (AvgIpc) is 2.37. The second kappa shape index (κ2) is 5.14. The number of carbonyl (C=O) groups excluding carboxylic acids is 1. The minimum atomic E-state index is -0.301. The van der Waals surface area contributed by atoms with E-state index >= 15 is 0 Å². The van der Waals surface area contributed by atoms with Crippen molar-refractivity contribution in [2.75, 3.05) is 5.32 Å². The number of rotatable bonds is 2. The number of para-hydroxylation sites is 1. The number of phenolic OH excluding ortho intramolecular Hbond substituents is 1. The number of aromatic hydroxyl groups is 1. The number of phenols is 1. The summed E-state index contributed by atoms with van der Waals surface area (Å²) in [6, 6.07) is 10.9. The molecule has 0 heterocycles. The van der Waals surface area contributed by atoms with Gasteiger partial charge in [0.05, 0.1) is 5.56 Å². The Morgan fingerprint density at radius 2 is 1.74 bits per heavy atom. The number of nitrogens with one attached hydrogen (secondary N) is 1. The van der Waals surface area contributed by atoms with Gasteiger partial charge in [0.15, 0.2) is 0 Å². The fourth-order valence-corrected chi connectivity index (χ4v) is 1.86. The van der Waals surface area contributed by atoms with Crippen molar-refractivity contribution in [3.63, 3.8) is 0 Å². The molecule has 0 spiro atoms. The highest BCUT2D eigenvalue weighted by Gasteiger charge is 2.12. The topological polar surface area (TPSA) is 49.3 Å². The smallest absolute Gasteiger partial charge is 0.259 e. The van der Waals surface area contributed by atoms with E-state index in [0.29, 0.717) is 11.1 Å². The molecule has 0 fully saturated rings. The summed E-state index contributed by atoms with van der Waals surface area (Å²) in [4.78, 5) is 12.1. The first-order valence-corrected chi connectivity index (χ1v) is 6.16. The molecule has 2 aromatic carbocycles. The van der Waals surface area contributed by atoms with Crippen molar-refractivity contribution in [2.45, 2.75) is 20.8 Å². The highest BCUT2D eigenvalue weighted by molar-refractivity contribution is 6.06. The molecule has 2 N–H and O–H groups in total. The Kier molecular flexibility index (Phi) is 3.56. The highest BCUT2D eigenvalue weighted by Crippen LogP contribution is 2.23. The number of hydrogen-bond acceptors (Lipinski definition) is 2. The van der Waals surface area contributed by atoms with Crippen LogP contribution < -0.4 is 5.32 Å². The van der Waals surface area contributed by atoms with Gasteiger partial charge in [-0.15, -0.1) is 0 Å². The summed E-state index contributed by atoms with van der Waals surface area (Å²) >= 11 is 0. The molecular weight excluding hydrogens is 238 g/mol. The molecule has 98 valence electrons. The van der Waals surface area contributed by atoms with Gasteiger partial charge in [-0.3, -0.25) is 4.79 Å². The number of carbonyl (C=O) groups is 1. The number of amides is 1. The van der Waals surface area contributed by atoms with Crippen LogP contribution in [0.4, 0.5) is 5.69 Å². The molecule has 0 unspecified atom stereocenters. The van der Waals surface area contributed by atoms with Crippen LogP contribution in [0.2, 0.25) is 0 Å². The molecule has 3 heteroatoms. The molecule has 19 heavy (non-hydrogen) atoms. The Labute approximate surface area is 112 Å². The van der Waals surface area contributed by atoms with Crippen LogP contribution in [0, 0.1) is 20.8 Å². The third kappa shape index (κ3) is 2.76. The third-order valence-corrected chi connectivity index (χ3v) is 3.25. The van der Waals surface area contributed by atoms with E-state index in [9.17, 15) is 9.90 Å². The first-order valence-electron chi connectivity index (χ1n) is 6.16. The zero-order valence-corrected chi connectivity index (χ0v) is 11.3. The van der Waals surface area contributed by atoms with E-state index in [4.69, 9.17) is 0 Å². The lowest BCUT2D eigenvalue weighted by Gasteiger charge is -2.09. The summed E-state index contributed by atoms with van der Waals surface area (Å²) < 4.78 is 0. The minimum absolute atomic E-state index is 0.0313.